The standard InChI is InChI=1S/C14H20/c1-4-7-9-12(5-2)14-11-8-10-13(14)6-3/h4-5,14H,1,3,7-11H2,2H3/b12-5+. The van der Waals surface area contributed by atoms with Crippen LogP contribution in [0, 0.1) is 5.92 Å². The van der Waals surface area contributed by atoms with E-state index < -0.39 is 0 Å². The van der Waals surface area contributed by atoms with Gasteiger partial charge in [0.05, 0.1) is 0 Å². The van der Waals surface area contributed by atoms with E-state index in [-0.39, 0.29) is 0 Å². The van der Waals surface area contributed by atoms with Crippen LogP contribution in [0.5, 0.6) is 0 Å². The van der Waals surface area contributed by atoms with Gasteiger partial charge in [-0.2, -0.15) is 0 Å². The van der Waals surface area contributed by atoms with Crippen molar-refractivity contribution in [3.05, 3.63) is 42.2 Å². The summed E-state index contributed by atoms with van der Waals surface area (Å²) in [4.78, 5) is 0. The molecule has 76 valence electrons. The molecule has 1 aliphatic carbocycles. The van der Waals surface area contributed by atoms with Crippen molar-refractivity contribution in [2.24, 2.45) is 5.92 Å². The van der Waals surface area contributed by atoms with E-state index in [1.807, 2.05) is 6.08 Å². The van der Waals surface area contributed by atoms with Crippen LogP contribution in [0.2, 0.25) is 0 Å². The molecule has 0 spiro atoms. The summed E-state index contributed by atoms with van der Waals surface area (Å²) in [6.45, 7) is 9.69. The second-order valence-electron chi connectivity index (χ2n) is 3.84. The first-order valence-electron chi connectivity index (χ1n) is 5.48. The molecule has 1 rings (SSSR count). The Bertz CT molecular complexity index is 274. The maximum absolute atomic E-state index is 3.78. The third kappa shape index (κ3) is 2.49. The van der Waals surface area contributed by atoms with Gasteiger partial charge >= 0.3 is 0 Å². The molecule has 1 unspecified atom stereocenters. The van der Waals surface area contributed by atoms with Crippen molar-refractivity contribution in [3.8, 4) is 0 Å². The molecule has 0 amide bonds. The third-order valence-corrected chi connectivity index (χ3v) is 3.04. The lowest BCUT2D eigenvalue weighted by molar-refractivity contribution is 0.684. The lowest BCUT2D eigenvalue weighted by Crippen LogP contribution is -2.00. The molecule has 1 aliphatic rings. The van der Waals surface area contributed by atoms with E-state index in [2.05, 4.69) is 31.9 Å². The molecule has 0 aromatic carbocycles. The van der Waals surface area contributed by atoms with Crippen LogP contribution in [0.1, 0.15) is 39.0 Å². The molecule has 0 heterocycles. The summed E-state index contributed by atoms with van der Waals surface area (Å²) in [5.41, 5.74) is 6.07. The molecule has 0 heteroatoms. The van der Waals surface area contributed by atoms with E-state index in [0.29, 0.717) is 5.92 Å². The lowest BCUT2D eigenvalue weighted by atomic mass is 9.90. The molecule has 0 aliphatic heterocycles. The zero-order valence-electron chi connectivity index (χ0n) is 9.18. The van der Waals surface area contributed by atoms with Crippen LogP contribution in [-0.2, 0) is 0 Å². The highest BCUT2D eigenvalue weighted by atomic mass is 14.3. The Labute approximate surface area is 87.7 Å². The average Bonchev–Trinajstić information content (AvgIpc) is 2.67. The summed E-state index contributed by atoms with van der Waals surface area (Å²) in [5, 5.41) is 0. The minimum absolute atomic E-state index is 0.637. The summed E-state index contributed by atoms with van der Waals surface area (Å²) < 4.78 is 0. The maximum atomic E-state index is 3.78. The van der Waals surface area contributed by atoms with Gasteiger partial charge in [0.25, 0.3) is 0 Å². The van der Waals surface area contributed by atoms with Crippen LogP contribution in [-0.4, -0.2) is 0 Å². The van der Waals surface area contributed by atoms with Crippen molar-refractivity contribution < 1.29 is 0 Å². The number of rotatable bonds is 4. The molecule has 1 atom stereocenters. The van der Waals surface area contributed by atoms with Crippen LogP contribution in [0.15, 0.2) is 42.2 Å². The molecule has 0 aromatic rings. The molecule has 1 fully saturated rings. The minimum Gasteiger partial charge on any atom is -0.129 e. The molecule has 0 nitrogen and oxygen atoms in total. The van der Waals surface area contributed by atoms with E-state index in [1.165, 1.54) is 24.8 Å². The predicted molar refractivity (Wildman–Crippen MR) is 63.2 cm³/mol. The Hall–Kier alpha value is -1.00. The second kappa shape index (κ2) is 5.67. The summed E-state index contributed by atoms with van der Waals surface area (Å²) in [7, 11) is 0. The van der Waals surface area contributed by atoms with Gasteiger partial charge in [0.1, 0.15) is 0 Å². The highest BCUT2D eigenvalue weighted by molar-refractivity contribution is 5.23. The predicted octanol–water partition coefficient (Wildman–Crippen LogP) is 4.41. The van der Waals surface area contributed by atoms with Crippen LogP contribution >= 0.6 is 0 Å². The number of hydrogen-bond acceptors (Lipinski definition) is 0. The molecular formula is C14H20. The van der Waals surface area contributed by atoms with Gasteiger partial charge in [0.2, 0.25) is 0 Å². The SMILES string of the molecule is C=C=C1CCCC1/C(=C/C)CCC=C. The lowest BCUT2D eigenvalue weighted by Gasteiger charge is -2.14. The van der Waals surface area contributed by atoms with Crippen LogP contribution in [0.25, 0.3) is 0 Å². The number of allylic oxidation sites excluding steroid dienone is 4. The minimum atomic E-state index is 0.637. The van der Waals surface area contributed by atoms with E-state index in [9.17, 15) is 0 Å². The van der Waals surface area contributed by atoms with Gasteiger partial charge in [0, 0.05) is 5.92 Å². The summed E-state index contributed by atoms with van der Waals surface area (Å²) in [6.07, 6.45) is 10.3. The maximum Gasteiger partial charge on any atom is 0.00828 e. The average molecular weight is 188 g/mol. The van der Waals surface area contributed by atoms with E-state index >= 15 is 0 Å². The summed E-state index contributed by atoms with van der Waals surface area (Å²) >= 11 is 0. The zero-order chi connectivity index (χ0) is 10.4. The normalized spacial score (nSPS) is 22.2. The van der Waals surface area contributed by atoms with Crippen molar-refractivity contribution >= 4 is 0 Å². The quantitative estimate of drug-likeness (QED) is 0.453. The van der Waals surface area contributed by atoms with Crippen molar-refractivity contribution in [2.45, 2.75) is 39.0 Å². The molecule has 0 N–H and O–H groups in total. The first-order valence-corrected chi connectivity index (χ1v) is 5.48. The highest BCUT2D eigenvalue weighted by Crippen LogP contribution is 2.37. The van der Waals surface area contributed by atoms with Crippen molar-refractivity contribution in [1.29, 1.82) is 0 Å². The Morgan fingerprint density at radius 3 is 3.00 bits per heavy atom. The molecule has 0 bridgehead atoms. The van der Waals surface area contributed by atoms with Gasteiger partial charge < -0.3 is 0 Å². The first kappa shape index (κ1) is 11.1. The Morgan fingerprint density at radius 2 is 2.43 bits per heavy atom. The van der Waals surface area contributed by atoms with Gasteiger partial charge in [-0.15, -0.1) is 12.3 Å². The van der Waals surface area contributed by atoms with Crippen LogP contribution in [0.3, 0.4) is 0 Å². The fourth-order valence-corrected chi connectivity index (χ4v) is 2.25. The number of hydrogen-bond donors (Lipinski definition) is 0. The molecule has 0 saturated heterocycles. The fourth-order valence-electron chi connectivity index (χ4n) is 2.25. The van der Waals surface area contributed by atoms with E-state index in [4.69, 9.17) is 0 Å². The molecule has 0 aromatic heterocycles. The Balaban J connectivity index is 2.69. The topological polar surface area (TPSA) is 0 Å². The fraction of sp³-hybridized carbons (Fsp3) is 0.500. The third-order valence-electron chi connectivity index (χ3n) is 3.04. The van der Waals surface area contributed by atoms with Gasteiger partial charge in [-0.25, -0.2) is 0 Å². The second-order valence-corrected chi connectivity index (χ2v) is 3.84. The monoisotopic (exact) mass is 188 g/mol. The van der Waals surface area contributed by atoms with Crippen molar-refractivity contribution in [3.63, 3.8) is 0 Å². The summed E-state index contributed by atoms with van der Waals surface area (Å²) in [6, 6.07) is 0. The van der Waals surface area contributed by atoms with Gasteiger partial charge in [-0.3, -0.25) is 0 Å². The van der Waals surface area contributed by atoms with Crippen LogP contribution < -0.4 is 0 Å². The smallest absolute Gasteiger partial charge is 0.00828 e. The van der Waals surface area contributed by atoms with E-state index in [0.717, 1.165) is 12.8 Å². The highest BCUT2D eigenvalue weighted by Gasteiger charge is 2.22. The van der Waals surface area contributed by atoms with Crippen molar-refractivity contribution in [1.82, 2.24) is 0 Å². The zero-order valence-corrected chi connectivity index (χ0v) is 9.18. The first-order chi connectivity index (χ1) is 6.83. The largest absolute Gasteiger partial charge is 0.129 e. The van der Waals surface area contributed by atoms with Gasteiger partial charge in [-0.1, -0.05) is 24.3 Å². The van der Waals surface area contributed by atoms with Crippen LogP contribution in [0.4, 0.5) is 0 Å². The molecular weight excluding hydrogens is 168 g/mol. The van der Waals surface area contributed by atoms with Gasteiger partial charge in [0.15, 0.2) is 0 Å². The molecule has 1 saturated carbocycles. The van der Waals surface area contributed by atoms with Crippen molar-refractivity contribution in [2.75, 3.05) is 0 Å². The Kier molecular flexibility index (Phi) is 4.49. The Morgan fingerprint density at radius 1 is 1.64 bits per heavy atom. The summed E-state index contributed by atoms with van der Waals surface area (Å²) in [5.74, 6) is 0.637. The molecule has 0 radical (unpaired) electrons. The van der Waals surface area contributed by atoms with E-state index in [1.54, 1.807) is 5.57 Å². The molecule has 14 heavy (non-hydrogen) atoms. The van der Waals surface area contributed by atoms with Gasteiger partial charge in [-0.05, 0) is 44.6 Å².